The smallest absolute Gasteiger partial charge is 0.0791 e. The molecule has 1 atom stereocenters. The predicted octanol–water partition coefficient (Wildman–Crippen LogP) is 2.65. The monoisotopic (exact) mass is 216 g/mol. The van der Waals surface area contributed by atoms with Crippen LogP contribution in [0.15, 0.2) is 42.5 Å². The fourth-order valence-corrected chi connectivity index (χ4v) is 1.87. The number of fused-ring (bicyclic) bond motifs is 1. The van der Waals surface area contributed by atoms with Crippen molar-refractivity contribution in [3.63, 3.8) is 0 Å². The molecule has 2 rings (SSSR count). The summed E-state index contributed by atoms with van der Waals surface area (Å²) in [7, 11) is 0. The van der Waals surface area contributed by atoms with E-state index in [0.717, 1.165) is 10.9 Å². The maximum absolute atomic E-state index is 9.90. The molecule has 0 aliphatic heterocycles. The first kappa shape index (κ1) is 11.1. The first-order valence-corrected chi connectivity index (χ1v) is 5.59. The molecule has 2 aromatic carbocycles. The summed E-state index contributed by atoms with van der Waals surface area (Å²) in [6.45, 7) is 0.130. The zero-order valence-corrected chi connectivity index (χ0v) is 9.13. The van der Waals surface area contributed by atoms with Crippen LogP contribution in [0.3, 0.4) is 0 Å². The molecule has 0 bridgehead atoms. The first-order valence-electron chi connectivity index (χ1n) is 5.59. The Balaban J connectivity index is 2.25. The quantitative estimate of drug-likeness (QED) is 0.824. The molecule has 0 spiro atoms. The highest BCUT2D eigenvalue weighted by Crippen LogP contribution is 2.22. The van der Waals surface area contributed by atoms with Gasteiger partial charge < -0.3 is 10.2 Å². The molecule has 0 heterocycles. The predicted molar refractivity (Wildman–Crippen MR) is 65.2 cm³/mol. The summed E-state index contributed by atoms with van der Waals surface area (Å²) in [5, 5.41) is 20.9. The minimum atomic E-state index is -0.475. The summed E-state index contributed by atoms with van der Waals surface area (Å²) < 4.78 is 0. The third-order valence-electron chi connectivity index (χ3n) is 2.79. The Morgan fingerprint density at radius 2 is 1.75 bits per heavy atom. The molecule has 0 fully saturated rings. The summed E-state index contributed by atoms with van der Waals surface area (Å²) in [6, 6.07) is 14.1. The number of aliphatic hydroxyl groups excluding tert-OH is 2. The van der Waals surface area contributed by atoms with E-state index in [-0.39, 0.29) is 6.61 Å². The van der Waals surface area contributed by atoms with Crippen molar-refractivity contribution in [2.24, 2.45) is 0 Å². The molecule has 0 amide bonds. The van der Waals surface area contributed by atoms with Gasteiger partial charge in [0.15, 0.2) is 0 Å². The van der Waals surface area contributed by atoms with Crippen LogP contribution in [0.1, 0.15) is 24.5 Å². The summed E-state index contributed by atoms with van der Waals surface area (Å²) in [6.07, 6.45) is 0.764. The van der Waals surface area contributed by atoms with Crippen LogP contribution in [-0.2, 0) is 0 Å². The lowest BCUT2D eigenvalue weighted by atomic mass is 10.0. The van der Waals surface area contributed by atoms with Crippen molar-refractivity contribution in [1.29, 1.82) is 0 Å². The lowest BCUT2D eigenvalue weighted by molar-refractivity contribution is 0.152. The van der Waals surface area contributed by atoms with Crippen LogP contribution >= 0.6 is 0 Å². The Hall–Kier alpha value is -1.38. The van der Waals surface area contributed by atoms with Crippen molar-refractivity contribution in [3.8, 4) is 0 Å². The Morgan fingerprint density at radius 3 is 2.50 bits per heavy atom. The van der Waals surface area contributed by atoms with Crippen molar-refractivity contribution in [2.45, 2.75) is 18.9 Å². The molecule has 0 aliphatic carbocycles. The molecule has 2 N–H and O–H groups in total. The first-order chi connectivity index (χ1) is 7.81. The second-order valence-electron chi connectivity index (χ2n) is 3.99. The van der Waals surface area contributed by atoms with Gasteiger partial charge in [0.1, 0.15) is 0 Å². The van der Waals surface area contributed by atoms with Gasteiger partial charge in [0, 0.05) is 6.61 Å². The summed E-state index contributed by atoms with van der Waals surface area (Å²) in [5.41, 5.74) is 0.923. The van der Waals surface area contributed by atoms with Crippen molar-refractivity contribution in [1.82, 2.24) is 0 Å². The molecule has 0 aromatic heterocycles. The summed E-state index contributed by atoms with van der Waals surface area (Å²) in [5.74, 6) is 0. The van der Waals surface area contributed by atoms with E-state index in [4.69, 9.17) is 5.11 Å². The lowest BCUT2D eigenvalue weighted by Crippen LogP contribution is -1.98. The van der Waals surface area contributed by atoms with Crippen LogP contribution in [0.4, 0.5) is 0 Å². The molecule has 0 saturated heterocycles. The van der Waals surface area contributed by atoms with Crippen molar-refractivity contribution < 1.29 is 10.2 Å². The zero-order valence-electron chi connectivity index (χ0n) is 9.13. The number of hydrogen-bond acceptors (Lipinski definition) is 2. The van der Waals surface area contributed by atoms with Gasteiger partial charge in [-0.2, -0.15) is 0 Å². The molecule has 16 heavy (non-hydrogen) atoms. The maximum atomic E-state index is 9.90. The Bertz CT molecular complexity index is 465. The van der Waals surface area contributed by atoms with E-state index in [9.17, 15) is 5.11 Å². The van der Waals surface area contributed by atoms with E-state index in [0.29, 0.717) is 12.8 Å². The van der Waals surface area contributed by atoms with E-state index in [1.807, 2.05) is 36.4 Å². The molecule has 2 nitrogen and oxygen atoms in total. The number of benzene rings is 2. The molecule has 0 saturated carbocycles. The fourth-order valence-electron chi connectivity index (χ4n) is 1.87. The van der Waals surface area contributed by atoms with Crippen LogP contribution in [-0.4, -0.2) is 16.8 Å². The average molecular weight is 216 g/mol. The van der Waals surface area contributed by atoms with Crippen molar-refractivity contribution in [2.75, 3.05) is 6.61 Å². The topological polar surface area (TPSA) is 40.5 Å². The normalized spacial score (nSPS) is 12.9. The highest BCUT2D eigenvalue weighted by Gasteiger charge is 2.07. The Morgan fingerprint density at radius 1 is 1.00 bits per heavy atom. The summed E-state index contributed by atoms with van der Waals surface area (Å²) >= 11 is 0. The molecular formula is C14H16O2. The molecule has 1 unspecified atom stereocenters. The van der Waals surface area contributed by atoms with E-state index in [1.165, 1.54) is 5.39 Å². The Kier molecular flexibility index (Phi) is 3.54. The van der Waals surface area contributed by atoms with Crippen LogP contribution in [0.5, 0.6) is 0 Å². The van der Waals surface area contributed by atoms with Gasteiger partial charge in [-0.1, -0.05) is 36.4 Å². The second-order valence-corrected chi connectivity index (χ2v) is 3.99. The average Bonchev–Trinajstić information content (AvgIpc) is 2.35. The van der Waals surface area contributed by atoms with Gasteiger partial charge in [-0.05, 0) is 35.2 Å². The minimum absolute atomic E-state index is 0.130. The van der Waals surface area contributed by atoms with Crippen LogP contribution < -0.4 is 0 Å². The van der Waals surface area contributed by atoms with Crippen molar-refractivity contribution >= 4 is 10.8 Å². The van der Waals surface area contributed by atoms with Gasteiger partial charge in [-0.25, -0.2) is 0 Å². The van der Waals surface area contributed by atoms with Crippen LogP contribution in [0, 0.1) is 0 Å². The van der Waals surface area contributed by atoms with E-state index in [2.05, 4.69) is 6.07 Å². The highest BCUT2D eigenvalue weighted by atomic mass is 16.3. The molecule has 2 aromatic rings. The van der Waals surface area contributed by atoms with Gasteiger partial charge in [0.05, 0.1) is 6.10 Å². The van der Waals surface area contributed by atoms with Crippen LogP contribution in [0.2, 0.25) is 0 Å². The Labute approximate surface area is 95.2 Å². The third-order valence-corrected chi connectivity index (χ3v) is 2.79. The van der Waals surface area contributed by atoms with Crippen LogP contribution in [0.25, 0.3) is 10.8 Å². The largest absolute Gasteiger partial charge is 0.396 e. The van der Waals surface area contributed by atoms with Gasteiger partial charge in [0.25, 0.3) is 0 Å². The molecule has 0 aliphatic rings. The zero-order chi connectivity index (χ0) is 11.4. The SMILES string of the molecule is OCCCC(O)c1ccc2ccccc2c1. The van der Waals surface area contributed by atoms with E-state index in [1.54, 1.807) is 0 Å². The number of hydrogen-bond donors (Lipinski definition) is 2. The second kappa shape index (κ2) is 5.10. The van der Waals surface area contributed by atoms with Gasteiger partial charge in [0.2, 0.25) is 0 Å². The fraction of sp³-hybridized carbons (Fsp3) is 0.286. The standard InChI is InChI=1S/C14H16O2/c15-9-3-6-14(16)13-8-7-11-4-1-2-5-12(11)10-13/h1-2,4-5,7-8,10,14-16H,3,6,9H2. The maximum Gasteiger partial charge on any atom is 0.0791 e. The summed E-state index contributed by atoms with van der Waals surface area (Å²) in [4.78, 5) is 0. The number of aliphatic hydroxyl groups is 2. The number of rotatable bonds is 4. The molecule has 0 radical (unpaired) electrons. The van der Waals surface area contributed by atoms with E-state index >= 15 is 0 Å². The third kappa shape index (κ3) is 2.40. The van der Waals surface area contributed by atoms with E-state index < -0.39 is 6.10 Å². The molecule has 2 heteroatoms. The van der Waals surface area contributed by atoms with Crippen molar-refractivity contribution in [3.05, 3.63) is 48.0 Å². The highest BCUT2D eigenvalue weighted by molar-refractivity contribution is 5.83. The molecular weight excluding hydrogens is 200 g/mol. The minimum Gasteiger partial charge on any atom is -0.396 e. The van der Waals surface area contributed by atoms with Gasteiger partial charge >= 0.3 is 0 Å². The van der Waals surface area contributed by atoms with Gasteiger partial charge in [-0.3, -0.25) is 0 Å². The lowest BCUT2D eigenvalue weighted by Gasteiger charge is -2.10. The van der Waals surface area contributed by atoms with Gasteiger partial charge in [-0.15, -0.1) is 0 Å². The molecule has 84 valence electrons.